The van der Waals surface area contributed by atoms with E-state index in [-0.39, 0.29) is 35.0 Å². The molecule has 0 bridgehead atoms. The van der Waals surface area contributed by atoms with Gasteiger partial charge in [-0.25, -0.2) is 9.59 Å². The molecule has 9 heteroatoms. The zero-order valence-electron chi connectivity index (χ0n) is 18.6. The van der Waals surface area contributed by atoms with Crippen LogP contribution in [0, 0.1) is 11.3 Å². The molecule has 2 aromatic carbocycles. The Balaban J connectivity index is 2.00. The molecule has 1 atom stereocenters. The Kier molecular flexibility index (Phi) is 6.06. The summed E-state index contributed by atoms with van der Waals surface area (Å²) >= 11 is 0. The summed E-state index contributed by atoms with van der Waals surface area (Å²) in [5, 5.41) is 12.9. The number of nitrogens with two attached hydrogens (primary N) is 1. The van der Waals surface area contributed by atoms with Crippen molar-refractivity contribution in [1.29, 1.82) is 5.26 Å². The van der Waals surface area contributed by atoms with Crippen LogP contribution in [0.25, 0.3) is 0 Å². The third kappa shape index (κ3) is 3.75. The van der Waals surface area contributed by atoms with E-state index in [2.05, 4.69) is 11.4 Å². The summed E-state index contributed by atoms with van der Waals surface area (Å²) in [4.78, 5) is 39.2. The number of carbonyl (C=O) groups is 3. The molecule has 34 heavy (non-hydrogen) atoms. The van der Waals surface area contributed by atoms with Gasteiger partial charge in [0.1, 0.15) is 11.5 Å². The Labute approximate surface area is 196 Å². The van der Waals surface area contributed by atoms with Crippen molar-refractivity contribution < 1.29 is 23.9 Å². The van der Waals surface area contributed by atoms with E-state index in [4.69, 9.17) is 15.2 Å². The average Bonchev–Trinajstić information content (AvgIpc) is 2.87. The Morgan fingerprint density at radius 3 is 2.44 bits per heavy atom. The summed E-state index contributed by atoms with van der Waals surface area (Å²) < 4.78 is 10.1. The smallest absolute Gasteiger partial charge is 0.355 e. The van der Waals surface area contributed by atoms with Gasteiger partial charge in [0.05, 0.1) is 43.8 Å². The molecule has 0 radical (unpaired) electrons. The van der Waals surface area contributed by atoms with E-state index in [0.29, 0.717) is 17.8 Å². The normalized spacial score (nSPS) is 17.5. The van der Waals surface area contributed by atoms with E-state index in [1.807, 2.05) is 0 Å². The number of hydrogen-bond acceptors (Lipinski definition) is 8. The van der Waals surface area contributed by atoms with Crippen molar-refractivity contribution >= 4 is 23.5 Å². The third-order valence-electron chi connectivity index (χ3n) is 5.89. The molecule has 0 saturated carbocycles. The number of nitrogens with one attached hydrogen (secondary N) is 1. The van der Waals surface area contributed by atoms with Gasteiger partial charge in [0.15, 0.2) is 0 Å². The van der Waals surface area contributed by atoms with Gasteiger partial charge in [-0.1, -0.05) is 36.4 Å². The standard InChI is InChI=1S/C25H22N4O5/c1-33-24(31)21-20(14-6-4-3-5-7-14)18(12-26)23(27)29(22(21)25(32)34-2)17-9-8-15-11-19(30)28-13-16(15)10-17/h3-10,20H,11,13,27H2,1-2H3,(H,28,30). The van der Waals surface area contributed by atoms with Crippen molar-refractivity contribution in [2.75, 3.05) is 19.1 Å². The van der Waals surface area contributed by atoms with Crippen LogP contribution in [0.15, 0.2) is 71.2 Å². The van der Waals surface area contributed by atoms with Crippen LogP contribution in [0.3, 0.4) is 0 Å². The SMILES string of the molecule is COC(=O)C1=C(C(=O)OC)N(c2ccc3c(c2)CNC(=O)C3)C(N)=C(C#N)C1c1ccccc1. The minimum atomic E-state index is -0.930. The van der Waals surface area contributed by atoms with Crippen molar-refractivity contribution in [3.05, 3.63) is 87.9 Å². The predicted octanol–water partition coefficient (Wildman–Crippen LogP) is 1.76. The van der Waals surface area contributed by atoms with Gasteiger partial charge in [0.25, 0.3) is 0 Å². The first-order valence-electron chi connectivity index (χ1n) is 10.4. The number of methoxy groups -OCH3 is 2. The number of ether oxygens (including phenoxy) is 2. The zero-order chi connectivity index (χ0) is 24.4. The Morgan fingerprint density at radius 2 is 1.79 bits per heavy atom. The summed E-state index contributed by atoms with van der Waals surface area (Å²) in [5.41, 5.74) is 9.09. The van der Waals surface area contributed by atoms with E-state index in [1.165, 1.54) is 19.1 Å². The molecule has 4 rings (SSSR count). The average molecular weight is 458 g/mol. The molecule has 0 saturated heterocycles. The third-order valence-corrected chi connectivity index (χ3v) is 5.89. The number of rotatable bonds is 4. The number of anilines is 1. The second kappa shape index (κ2) is 9.11. The Hall–Kier alpha value is -4.58. The van der Waals surface area contributed by atoms with E-state index < -0.39 is 17.9 Å². The second-order valence-corrected chi connectivity index (χ2v) is 7.74. The predicted molar refractivity (Wildman–Crippen MR) is 122 cm³/mol. The maximum absolute atomic E-state index is 13.1. The highest BCUT2D eigenvalue weighted by Crippen LogP contribution is 2.43. The Morgan fingerprint density at radius 1 is 1.09 bits per heavy atom. The van der Waals surface area contributed by atoms with Crippen LogP contribution in [-0.4, -0.2) is 32.1 Å². The van der Waals surface area contributed by atoms with Crippen LogP contribution in [0.1, 0.15) is 22.6 Å². The highest BCUT2D eigenvalue weighted by molar-refractivity contribution is 6.06. The van der Waals surface area contributed by atoms with Gasteiger partial charge in [0.2, 0.25) is 5.91 Å². The lowest BCUT2D eigenvalue weighted by atomic mass is 9.81. The number of nitrogens with zero attached hydrogens (tertiary/aromatic N) is 2. The van der Waals surface area contributed by atoms with Crippen LogP contribution < -0.4 is 16.0 Å². The zero-order valence-corrected chi connectivity index (χ0v) is 18.6. The van der Waals surface area contributed by atoms with Crippen LogP contribution in [0.2, 0.25) is 0 Å². The molecular weight excluding hydrogens is 436 g/mol. The minimum Gasteiger partial charge on any atom is -0.466 e. The summed E-state index contributed by atoms with van der Waals surface area (Å²) in [7, 11) is 2.40. The van der Waals surface area contributed by atoms with Gasteiger partial charge in [-0.05, 0) is 28.8 Å². The molecule has 172 valence electrons. The van der Waals surface area contributed by atoms with Crippen LogP contribution >= 0.6 is 0 Å². The van der Waals surface area contributed by atoms with Gasteiger partial charge >= 0.3 is 11.9 Å². The number of hydrogen-bond donors (Lipinski definition) is 2. The Bertz CT molecular complexity index is 1290. The quantitative estimate of drug-likeness (QED) is 0.662. The van der Waals surface area contributed by atoms with Crippen molar-refractivity contribution in [3.8, 4) is 6.07 Å². The fraction of sp³-hybridized carbons (Fsp3) is 0.200. The van der Waals surface area contributed by atoms with Crippen LogP contribution in [0.4, 0.5) is 5.69 Å². The first-order chi connectivity index (χ1) is 16.4. The van der Waals surface area contributed by atoms with Crippen molar-refractivity contribution in [3.63, 3.8) is 0 Å². The number of allylic oxidation sites excluding steroid dienone is 1. The molecular formula is C25H22N4O5. The number of fused-ring (bicyclic) bond motifs is 1. The van der Waals surface area contributed by atoms with Gasteiger partial charge < -0.3 is 20.5 Å². The van der Waals surface area contributed by atoms with Crippen LogP contribution in [-0.2, 0) is 36.8 Å². The summed E-state index contributed by atoms with van der Waals surface area (Å²) in [6.07, 6.45) is 0.230. The molecule has 1 amide bonds. The van der Waals surface area contributed by atoms with Crippen LogP contribution in [0.5, 0.6) is 0 Å². The van der Waals surface area contributed by atoms with Gasteiger partial charge in [-0.3, -0.25) is 9.69 Å². The lowest BCUT2D eigenvalue weighted by molar-refractivity contribution is -0.139. The molecule has 0 fully saturated rings. The van der Waals surface area contributed by atoms with Gasteiger partial charge in [0, 0.05) is 12.2 Å². The molecule has 2 aliphatic rings. The van der Waals surface area contributed by atoms with E-state index >= 15 is 0 Å². The summed E-state index contributed by atoms with van der Waals surface area (Å²) in [6, 6.07) is 16.1. The first-order valence-corrected chi connectivity index (χ1v) is 10.4. The topological polar surface area (TPSA) is 135 Å². The number of esters is 2. The van der Waals surface area contributed by atoms with Gasteiger partial charge in [-0.2, -0.15) is 5.26 Å². The van der Waals surface area contributed by atoms with Crippen molar-refractivity contribution in [2.24, 2.45) is 5.73 Å². The molecule has 0 spiro atoms. The fourth-order valence-corrected chi connectivity index (χ4v) is 4.30. The molecule has 2 aliphatic heterocycles. The first kappa shape index (κ1) is 22.6. The number of benzene rings is 2. The molecule has 9 nitrogen and oxygen atoms in total. The van der Waals surface area contributed by atoms with Crippen molar-refractivity contribution in [2.45, 2.75) is 18.9 Å². The fourth-order valence-electron chi connectivity index (χ4n) is 4.30. The summed E-state index contributed by atoms with van der Waals surface area (Å²) in [6.45, 7) is 0.304. The maximum Gasteiger partial charge on any atom is 0.355 e. The van der Waals surface area contributed by atoms with E-state index in [1.54, 1.807) is 48.5 Å². The molecule has 0 aromatic heterocycles. The number of carbonyl (C=O) groups excluding carboxylic acids is 3. The molecule has 2 aromatic rings. The minimum absolute atomic E-state index is 0.01000. The lowest BCUT2D eigenvalue weighted by Gasteiger charge is -2.36. The van der Waals surface area contributed by atoms with Crippen molar-refractivity contribution in [1.82, 2.24) is 5.32 Å². The molecule has 3 N–H and O–H groups in total. The molecule has 0 aliphatic carbocycles. The second-order valence-electron chi connectivity index (χ2n) is 7.74. The lowest BCUT2D eigenvalue weighted by Crippen LogP contribution is -2.41. The summed E-state index contributed by atoms with van der Waals surface area (Å²) in [5.74, 6) is -2.62. The highest BCUT2D eigenvalue weighted by Gasteiger charge is 2.43. The maximum atomic E-state index is 13.1. The highest BCUT2D eigenvalue weighted by atomic mass is 16.5. The van der Waals surface area contributed by atoms with Gasteiger partial charge in [-0.15, -0.1) is 0 Å². The number of nitriles is 1. The largest absolute Gasteiger partial charge is 0.466 e. The molecule has 2 heterocycles. The number of amides is 1. The van der Waals surface area contributed by atoms with E-state index in [9.17, 15) is 19.6 Å². The monoisotopic (exact) mass is 458 g/mol. The van der Waals surface area contributed by atoms with E-state index in [0.717, 1.165) is 11.1 Å². The molecule has 1 unspecified atom stereocenters.